The number of ketones is 3. The van der Waals surface area contributed by atoms with Gasteiger partial charge in [-0.2, -0.15) is 0 Å². The van der Waals surface area contributed by atoms with E-state index in [9.17, 15) is 14.4 Å². The van der Waals surface area contributed by atoms with Crippen LogP contribution in [0.5, 0.6) is 11.5 Å². The Labute approximate surface area is 196 Å². The molecule has 6 heteroatoms. The van der Waals surface area contributed by atoms with Crippen molar-refractivity contribution in [2.24, 2.45) is 0 Å². The highest BCUT2D eigenvalue weighted by molar-refractivity contribution is 7.17. The fourth-order valence-electron chi connectivity index (χ4n) is 4.04. The molecule has 0 spiro atoms. The number of methoxy groups -OCH3 is 2. The molecule has 1 aliphatic rings. The molecule has 0 saturated carbocycles. The standard InChI is InChI=1S/C27H24O5S/c1-16-5-4-6-21-22(15-33-27(16)21)18-11-19(13-20(28)12-18)24(30)9-8-23(29)17-7-10-25(31-2)26(14-17)32-3/h4-7,10,12-15H,8-9,11H2,1-3H3. The van der Waals surface area contributed by atoms with E-state index in [0.29, 0.717) is 29.1 Å². The molecule has 0 bridgehead atoms. The zero-order valence-electron chi connectivity index (χ0n) is 18.8. The Morgan fingerprint density at radius 2 is 1.73 bits per heavy atom. The molecule has 168 valence electrons. The molecule has 0 aliphatic heterocycles. The quantitative estimate of drug-likeness (QED) is 0.401. The molecule has 1 heterocycles. The van der Waals surface area contributed by atoms with Crippen molar-refractivity contribution in [3.05, 3.63) is 76.2 Å². The molecule has 5 nitrogen and oxygen atoms in total. The van der Waals surface area contributed by atoms with Crippen molar-refractivity contribution in [2.75, 3.05) is 14.2 Å². The molecule has 2 aromatic carbocycles. The van der Waals surface area contributed by atoms with E-state index in [1.54, 1.807) is 35.6 Å². The van der Waals surface area contributed by atoms with Gasteiger partial charge in [0, 0.05) is 40.5 Å². The number of allylic oxidation sites excluding steroid dienone is 4. The number of hydrogen-bond donors (Lipinski definition) is 0. The van der Waals surface area contributed by atoms with Gasteiger partial charge in [-0.15, -0.1) is 11.3 Å². The van der Waals surface area contributed by atoms with Gasteiger partial charge >= 0.3 is 0 Å². The molecule has 4 rings (SSSR count). The molecular formula is C27H24O5S. The van der Waals surface area contributed by atoms with Crippen molar-refractivity contribution in [3.63, 3.8) is 0 Å². The van der Waals surface area contributed by atoms with Crippen molar-refractivity contribution >= 4 is 44.3 Å². The van der Waals surface area contributed by atoms with Crippen LogP contribution in [0.4, 0.5) is 0 Å². The van der Waals surface area contributed by atoms with Gasteiger partial charge in [0.2, 0.25) is 0 Å². The van der Waals surface area contributed by atoms with Crippen molar-refractivity contribution in [2.45, 2.75) is 26.2 Å². The number of hydrogen-bond acceptors (Lipinski definition) is 6. The lowest BCUT2D eigenvalue weighted by Crippen LogP contribution is -2.12. The fourth-order valence-corrected chi connectivity index (χ4v) is 5.11. The minimum atomic E-state index is -0.196. The largest absolute Gasteiger partial charge is 0.493 e. The molecule has 0 N–H and O–H groups in total. The van der Waals surface area contributed by atoms with E-state index in [1.807, 2.05) is 17.5 Å². The number of benzene rings is 2. The van der Waals surface area contributed by atoms with Gasteiger partial charge < -0.3 is 9.47 Å². The van der Waals surface area contributed by atoms with Crippen LogP contribution in [-0.4, -0.2) is 31.6 Å². The van der Waals surface area contributed by atoms with Crippen molar-refractivity contribution < 1.29 is 23.9 Å². The number of thiophene rings is 1. The van der Waals surface area contributed by atoms with Gasteiger partial charge in [-0.3, -0.25) is 14.4 Å². The van der Waals surface area contributed by atoms with Gasteiger partial charge in [0.05, 0.1) is 14.2 Å². The molecule has 0 amide bonds. The summed E-state index contributed by atoms with van der Waals surface area (Å²) in [4.78, 5) is 37.9. The van der Waals surface area contributed by atoms with Crippen LogP contribution in [0.15, 0.2) is 59.5 Å². The molecule has 0 fully saturated rings. The molecule has 1 aromatic heterocycles. The maximum absolute atomic E-state index is 12.9. The summed E-state index contributed by atoms with van der Waals surface area (Å²) in [5, 5.41) is 3.14. The average molecular weight is 461 g/mol. The van der Waals surface area contributed by atoms with Gasteiger partial charge in [0.1, 0.15) is 0 Å². The first-order valence-electron chi connectivity index (χ1n) is 10.6. The number of carbonyl (C=O) groups excluding carboxylic acids is 3. The molecule has 1 aliphatic carbocycles. The maximum atomic E-state index is 12.9. The number of rotatable bonds is 8. The highest BCUT2D eigenvalue weighted by Gasteiger charge is 2.22. The molecule has 0 unspecified atom stereocenters. The summed E-state index contributed by atoms with van der Waals surface area (Å²) >= 11 is 1.64. The van der Waals surface area contributed by atoms with Crippen LogP contribution in [0.3, 0.4) is 0 Å². The molecule has 0 atom stereocenters. The highest BCUT2D eigenvalue weighted by Crippen LogP contribution is 2.37. The minimum Gasteiger partial charge on any atom is -0.493 e. The third kappa shape index (κ3) is 4.66. The monoisotopic (exact) mass is 460 g/mol. The number of Topliss-reactive ketones (excluding diaryl/α,β-unsaturated/α-hetero) is 2. The van der Waals surface area contributed by atoms with Crippen molar-refractivity contribution in [1.82, 2.24) is 0 Å². The first-order valence-corrected chi connectivity index (χ1v) is 11.5. The molecular weight excluding hydrogens is 436 g/mol. The summed E-state index contributed by atoms with van der Waals surface area (Å²) in [7, 11) is 3.03. The molecule has 0 radical (unpaired) electrons. The Morgan fingerprint density at radius 3 is 2.48 bits per heavy atom. The Hall–Kier alpha value is -3.51. The van der Waals surface area contributed by atoms with E-state index < -0.39 is 0 Å². The van der Waals surface area contributed by atoms with E-state index in [2.05, 4.69) is 13.0 Å². The zero-order chi connectivity index (χ0) is 23.5. The van der Waals surface area contributed by atoms with E-state index in [0.717, 1.165) is 16.5 Å². The number of fused-ring (bicyclic) bond motifs is 1. The Morgan fingerprint density at radius 1 is 0.970 bits per heavy atom. The summed E-state index contributed by atoms with van der Waals surface area (Å²) < 4.78 is 11.6. The summed E-state index contributed by atoms with van der Waals surface area (Å²) in [5.74, 6) is 0.452. The summed E-state index contributed by atoms with van der Waals surface area (Å²) in [5.41, 5.74) is 3.92. The van der Waals surface area contributed by atoms with E-state index in [1.165, 1.54) is 30.6 Å². The SMILES string of the molecule is COc1ccc(C(=O)CCC(=O)C2=CC(=O)C=C(c3csc4c(C)cccc34)C2)cc1OC. The van der Waals surface area contributed by atoms with Crippen LogP contribution in [0, 0.1) is 6.92 Å². The average Bonchev–Trinajstić information content (AvgIpc) is 3.27. The van der Waals surface area contributed by atoms with Crippen LogP contribution in [0.2, 0.25) is 0 Å². The molecule has 3 aromatic rings. The second-order valence-electron chi connectivity index (χ2n) is 7.94. The minimum absolute atomic E-state index is 0.0447. The topological polar surface area (TPSA) is 69.7 Å². The van der Waals surface area contributed by atoms with Gasteiger partial charge in [0.25, 0.3) is 0 Å². The van der Waals surface area contributed by atoms with Crippen molar-refractivity contribution in [3.8, 4) is 11.5 Å². The zero-order valence-corrected chi connectivity index (χ0v) is 19.6. The lowest BCUT2D eigenvalue weighted by Gasteiger charge is -2.14. The van der Waals surface area contributed by atoms with Crippen LogP contribution in [0.1, 0.15) is 40.7 Å². The Bertz CT molecular complexity index is 1330. The van der Waals surface area contributed by atoms with E-state index in [4.69, 9.17) is 9.47 Å². The predicted octanol–water partition coefficient (Wildman–Crippen LogP) is 5.74. The number of carbonyl (C=O) groups is 3. The third-order valence-electron chi connectivity index (χ3n) is 5.80. The van der Waals surface area contributed by atoms with E-state index in [-0.39, 0.29) is 30.2 Å². The van der Waals surface area contributed by atoms with Gasteiger partial charge in [0.15, 0.2) is 28.8 Å². The number of aryl methyl sites for hydroxylation is 1. The Balaban J connectivity index is 1.46. The molecule has 33 heavy (non-hydrogen) atoms. The summed E-state index contributed by atoms with van der Waals surface area (Å²) in [6, 6.07) is 11.0. The van der Waals surface area contributed by atoms with Gasteiger partial charge in [-0.05, 0) is 59.4 Å². The first kappa shape index (κ1) is 22.7. The summed E-state index contributed by atoms with van der Waals surface area (Å²) in [6.07, 6.45) is 3.49. The van der Waals surface area contributed by atoms with Crippen LogP contribution >= 0.6 is 11.3 Å². The smallest absolute Gasteiger partial charge is 0.179 e. The van der Waals surface area contributed by atoms with Crippen LogP contribution in [0.25, 0.3) is 15.7 Å². The lowest BCUT2D eigenvalue weighted by atomic mass is 9.88. The Kier molecular flexibility index (Phi) is 6.56. The highest BCUT2D eigenvalue weighted by atomic mass is 32.1. The van der Waals surface area contributed by atoms with E-state index >= 15 is 0 Å². The fraction of sp³-hybridized carbons (Fsp3) is 0.222. The lowest BCUT2D eigenvalue weighted by molar-refractivity contribution is -0.116. The second-order valence-corrected chi connectivity index (χ2v) is 8.82. The normalized spacial score (nSPS) is 13.5. The number of ether oxygens (including phenoxy) is 2. The summed E-state index contributed by atoms with van der Waals surface area (Å²) in [6.45, 7) is 2.06. The van der Waals surface area contributed by atoms with Gasteiger partial charge in [-0.25, -0.2) is 0 Å². The third-order valence-corrected chi connectivity index (χ3v) is 6.93. The second kappa shape index (κ2) is 9.55. The first-order chi connectivity index (χ1) is 15.9. The van der Waals surface area contributed by atoms with Gasteiger partial charge in [-0.1, -0.05) is 18.2 Å². The van der Waals surface area contributed by atoms with Crippen LogP contribution in [-0.2, 0) is 9.59 Å². The predicted molar refractivity (Wildman–Crippen MR) is 130 cm³/mol. The van der Waals surface area contributed by atoms with Crippen molar-refractivity contribution in [1.29, 1.82) is 0 Å². The van der Waals surface area contributed by atoms with Crippen LogP contribution < -0.4 is 9.47 Å². The maximum Gasteiger partial charge on any atom is 0.179 e. The molecule has 0 saturated heterocycles.